The SMILES string of the molecule is COc1ccccc1CCC(=O)N1CCCC(C(C)N)C1. The van der Waals surface area contributed by atoms with E-state index >= 15 is 0 Å². The third-order valence-corrected chi connectivity index (χ3v) is 4.35. The molecule has 21 heavy (non-hydrogen) atoms. The number of likely N-dealkylation sites (tertiary alicyclic amines) is 1. The summed E-state index contributed by atoms with van der Waals surface area (Å²) >= 11 is 0. The quantitative estimate of drug-likeness (QED) is 0.904. The Morgan fingerprint density at radius 1 is 1.48 bits per heavy atom. The van der Waals surface area contributed by atoms with Crippen LogP contribution in [0.3, 0.4) is 0 Å². The van der Waals surface area contributed by atoms with Gasteiger partial charge in [-0.25, -0.2) is 0 Å². The lowest BCUT2D eigenvalue weighted by Gasteiger charge is -2.34. The maximum absolute atomic E-state index is 12.4. The van der Waals surface area contributed by atoms with Crippen LogP contribution in [0.2, 0.25) is 0 Å². The Morgan fingerprint density at radius 3 is 2.95 bits per heavy atom. The van der Waals surface area contributed by atoms with E-state index in [1.165, 1.54) is 0 Å². The number of aryl methyl sites for hydroxylation is 1. The number of hydrogen-bond acceptors (Lipinski definition) is 3. The number of amides is 1. The number of rotatable bonds is 5. The van der Waals surface area contributed by atoms with Crippen LogP contribution in [0.15, 0.2) is 24.3 Å². The van der Waals surface area contributed by atoms with Gasteiger partial charge in [0.15, 0.2) is 0 Å². The molecule has 1 aliphatic rings. The molecule has 2 unspecified atom stereocenters. The van der Waals surface area contributed by atoms with Crippen LogP contribution in [0.1, 0.15) is 31.7 Å². The van der Waals surface area contributed by atoms with Crippen molar-refractivity contribution in [2.45, 2.75) is 38.6 Å². The van der Waals surface area contributed by atoms with Gasteiger partial charge in [-0.3, -0.25) is 4.79 Å². The van der Waals surface area contributed by atoms with Gasteiger partial charge in [-0.2, -0.15) is 0 Å². The van der Waals surface area contributed by atoms with E-state index in [4.69, 9.17) is 10.5 Å². The van der Waals surface area contributed by atoms with Gasteiger partial charge in [0, 0.05) is 25.6 Å². The molecule has 1 aromatic carbocycles. The van der Waals surface area contributed by atoms with E-state index in [0.717, 1.165) is 43.7 Å². The molecule has 0 aliphatic carbocycles. The molecule has 1 heterocycles. The van der Waals surface area contributed by atoms with Crippen LogP contribution in [-0.2, 0) is 11.2 Å². The van der Waals surface area contributed by atoms with Gasteiger partial charge in [0.05, 0.1) is 7.11 Å². The highest BCUT2D eigenvalue weighted by atomic mass is 16.5. The zero-order valence-electron chi connectivity index (χ0n) is 13.0. The molecule has 116 valence electrons. The first-order valence-electron chi connectivity index (χ1n) is 7.77. The molecule has 4 nitrogen and oxygen atoms in total. The predicted octanol–water partition coefficient (Wildman–Crippen LogP) is 2.21. The van der Waals surface area contributed by atoms with Crippen LogP contribution >= 0.6 is 0 Å². The van der Waals surface area contributed by atoms with Crippen LogP contribution in [-0.4, -0.2) is 37.0 Å². The van der Waals surface area contributed by atoms with Crippen LogP contribution in [0, 0.1) is 5.92 Å². The first-order chi connectivity index (χ1) is 10.1. The number of hydrogen-bond donors (Lipinski definition) is 1. The Morgan fingerprint density at radius 2 is 2.24 bits per heavy atom. The van der Waals surface area contributed by atoms with E-state index < -0.39 is 0 Å². The maximum Gasteiger partial charge on any atom is 0.222 e. The molecule has 2 atom stereocenters. The average Bonchev–Trinajstić information content (AvgIpc) is 2.52. The maximum atomic E-state index is 12.4. The molecule has 0 radical (unpaired) electrons. The van der Waals surface area contributed by atoms with Gasteiger partial charge in [-0.1, -0.05) is 18.2 Å². The lowest BCUT2D eigenvalue weighted by molar-refractivity contribution is -0.133. The summed E-state index contributed by atoms with van der Waals surface area (Å²) in [6, 6.07) is 8.05. The van der Waals surface area contributed by atoms with E-state index in [0.29, 0.717) is 12.3 Å². The molecule has 0 spiro atoms. The summed E-state index contributed by atoms with van der Waals surface area (Å²) in [6.07, 6.45) is 3.45. The fourth-order valence-corrected chi connectivity index (χ4v) is 2.97. The van der Waals surface area contributed by atoms with Crippen molar-refractivity contribution in [1.29, 1.82) is 0 Å². The number of nitrogens with zero attached hydrogens (tertiary/aromatic N) is 1. The van der Waals surface area contributed by atoms with Gasteiger partial charge in [0.2, 0.25) is 5.91 Å². The second kappa shape index (κ2) is 7.46. The molecule has 1 aromatic rings. The monoisotopic (exact) mass is 290 g/mol. The van der Waals surface area contributed by atoms with Gasteiger partial charge in [0.25, 0.3) is 0 Å². The highest BCUT2D eigenvalue weighted by Crippen LogP contribution is 2.22. The summed E-state index contributed by atoms with van der Waals surface area (Å²) in [7, 11) is 1.67. The van der Waals surface area contributed by atoms with Crippen molar-refractivity contribution in [3.05, 3.63) is 29.8 Å². The lowest BCUT2D eigenvalue weighted by Crippen LogP contribution is -2.45. The standard InChI is InChI=1S/C17H26N2O2/c1-13(18)15-7-5-11-19(12-15)17(20)10-9-14-6-3-4-8-16(14)21-2/h3-4,6,8,13,15H,5,7,9-12,18H2,1-2H3. The second-order valence-electron chi connectivity index (χ2n) is 5.91. The molecule has 1 fully saturated rings. The van der Waals surface area contributed by atoms with E-state index in [2.05, 4.69) is 0 Å². The first kappa shape index (κ1) is 15.8. The molecule has 0 saturated carbocycles. The number of benzene rings is 1. The second-order valence-corrected chi connectivity index (χ2v) is 5.91. The van der Waals surface area contributed by atoms with Crippen molar-refractivity contribution in [1.82, 2.24) is 4.90 Å². The summed E-state index contributed by atoms with van der Waals surface area (Å²) in [5.74, 6) is 1.53. The largest absolute Gasteiger partial charge is 0.496 e. The molecule has 2 rings (SSSR count). The average molecular weight is 290 g/mol. The molecular weight excluding hydrogens is 264 g/mol. The number of ether oxygens (including phenoxy) is 1. The lowest BCUT2D eigenvalue weighted by atomic mass is 9.92. The van der Waals surface area contributed by atoms with E-state index in [1.807, 2.05) is 36.1 Å². The molecule has 1 aliphatic heterocycles. The summed E-state index contributed by atoms with van der Waals surface area (Å²) in [5, 5.41) is 0. The molecule has 4 heteroatoms. The summed E-state index contributed by atoms with van der Waals surface area (Å²) in [6.45, 7) is 3.71. The number of methoxy groups -OCH3 is 1. The van der Waals surface area contributed by atoms with Gasteiger partial charge >= 0.3 is 0 Å². The van der Waals surface area contributed by atoms with Crippen LogP contribution in [0.5, 0.6) is 5.75 Å². The molecule has 0 bridgehead atoms. The predicted molar refractivity (Wildman–Crippen MR) is 84.3 cm³/mol. The fourth-order valence-electron chi connectivity index (χ4n) is 2.97. The van der Waals surface area contributed by atoms with Crippen molar-refractivity contribution < 1.29 is 9.53 Å². The number of carbonyl (C=O) groups is 1. The smallest absolute Gasteiger partial charge is 0.222 e. The van der Waals surface area contributed by atoms with Crippen LogP contribution in [0.25, 0.3) is 0 Å². The van der Waals surface area contributed by atoms with E-state index in [-0.39, 0.29) is 11.9 Å². The Hall–Kier alpha value is -1.55. The molecule has 0 aromatic heterocycles. The van der Waals surface area contributed by atoms with E-state index in [9.17, 15) is 4.79 Å². The minimum Gasteiger partial charge on any atom is -0.496 e. The van der Waals surface area contributed by atoms with Crippen molar-refractivity contribution in [2.75, 3.05) is 20.2 Å². The number of piperidine rings is 1. The van der Waals surface area contributed by atoms with Crippen molar-refractivity contribution in [3.63, 3.8) is 0 Å². The van der Waals surface area contributed by atoms with Crippen molar-refractivity contribution >= 4 is 5.91 Å². The minimum absolute atomic E-state index is 0.162. The molecule has 1 amide bonds. The van der Waals surface area contributed by atoms with Crippen molar-refractivity contribution in [2.24, 2.45) is 11.7 Å². The number of para-hydroxylation sites is 1. The minimum atomic E-state index is 0.162. The van der Waals surface area contributed by atoms with Crippen LogP contribution in [0.4, 0.5) is 0 Å². The Balaban J connectivity index is 1.89. The van der Waals surface area contributed by atoms with Crippen LogP contribution < -0.4 is 10.5 Å². The number of nitrogens with two attached hydrogens (primary N) is 1. The highest BCUT2D eigenvalue weighted by Gasteiger charge is 2.25. The topological polar surface area (TPSA) is 55.6 Å². The Bertz CT molecular complexity index is 474. The third kappa shape index (κ3) is 4.21. The Labute approximate surface area is 127 Å². The molecule has 1 saturated heterocycles. The molecule has 2 N–H and O–H groups in total. The molecular formula is C17H26N2O2. The summed E-state index contributed by atoms with van der Waals surface area (Å²) in [4.78, 5) is 14.4. The Kier molecular flexibility index (Phi) is 5.62. The number of carbonyl (C=O) groups excluding carboxylic acids is 1. The van der Waals surface area contributed by atoms with Gasteiger partial charge in [-0.15, -0.1) is 0 Å². The van der Waals surface area contributed by atoms with Gasteiger partial charge < -0.3 is 15.4 Å². The van der Waals surface area contributed by atoms with Gasteiger partial charge in [0.1, 0.15) is 5.75 Å². The first-order valence-corrected chi connectivity index (χ1v) is 7.77. The third-order valence-electron chi connectivity index (χ3n) is 4.35. The normalized spacial score (nSPS) is 20.1. The fraction of sp³-hybridized carbons (Fsp3) is 0.588. The van der Waals surface area contributed by atoms with Gasteiger partial charge in [-0.05, 0) is 43.7 Å². The zero-order valence-corrected chi connectivity index (χ0v) is 13.0. The highest BCUT2D eigenvalue weighted by molar-refractivity contribution is 5.76. The van der Waals surface area contributed by atoms with E-state index in [1.54, 1.807) is 7.11 Å². The van der Waals surface area contributed by atoms with Crippen molar-refractivity contribution in [3.8, 4) is 5.75 Å². The summed E-state index contributed by atoms with van der Waals surface area (Å²) in [5.41, 5.74) is 7.07. The zero-order chi connectivity index (χ0) is 15.2. The summed E-state index contributed by atoms with van der Waals surface area (Å²) < 4.78 is 5.33.